The quantitative estimate of drug-likeness (QED) is 0.767. The van der Waals surface area contributed by atoms with Gasteiger partial charge in [0.1, 0.15) is 0 Å². The Morgan fingerprint density at radius 2 is 2.31 bits per heavy atom. The van der Waals surface area contributed by atoms with Crippen LogP contribution in [0.25, 0.3) is 0 Å². The van der Waals surface area contributed by atoms with E-state index in [-0.39, 0.29) is 5.56 Å². The third kappa shape index (κ3) is 2.81. The van der Waals surface area contributed by atoms with Crippen molar-refractivity contribution in [2.45, 2.75) is 6.42 Å². The first kappa shape index (κ1) is 10.2. The lowest BCUT2D eigenvalue weighted by Crippen LogP contribution is -1.99. The van der Waals surface area contributed by atoms with Gasteiger partial charge in [-0.15, -0.1) is 0 Å². The molecule has 0 heterocycles. The molecule has 4 heteroatoms. The SMILES string of the molecule is O=C(OF)c1cccc(CCBr)c1. The Kier molecular flexibility index (Phi) is 3.89. The fraction of sp³-hybridized carbons (Fsp3) is 0.222. The van der Waals surface area contributed by atoms with Gasteiger partial charge < -0.3 is 0 Å². The van der Waals surface area contributed by atoms with Gasteiger partial charge in [-0.3, -0.25) is 0 Å². The maximum Gasteiger partial charge on any atom is 0.379 e. The summed E-state index contributed by atoms with van der Waals surface area (Å²) in [6, 6.07) is 6.70. The predicted molar refractivity (Wildman–Crippen MR) is 50.5 cm³/mol. The van der Waals surface area contributed by atoms with Gasteiger partial charge >= 0.3 is 5.97 Å². The van der Waals surface area contributed by atoms with Crippen molar-refractivity contribution in [1.82, 2.24) is 0 Å². The largest absolute Gasteiger partial charge is 0.379 e. The third-order valence-electron chi connectivity index (χ3n) is 1.62. The number of hydrogen-bond acceptors (Lipinski definition) is 2. The van der Waals surface area contributed by atoms with Crippen LogP contribution in [-0.2, 0) is 11.4 Å². The number of aryl methyl sites for hydroxylation is 1. The molecule has 0 atom stereocenters. The summed E-state index contributed by atoms with van der Waals surface area (Å²) in [5.74, 6) is -0.948. The molecule has 0 aromatic heterocycles. The van der Waals surface area contributed by atoms with Gasteiger partial charge in [0, 0.05) is 9.86 Å². The second-order valence-electron chi connectivity index (χ2n) is 2.50. The minimum absolute atomic E-state index is 0.237. The fourth-order valence-electron chi connectivity index (χ4n) is 1.01. The molecule has 2 nitrogen and oxygen atoms in total. The maximum absolute atomic E-state index is 11.5. The minimum atomic E-state index is -0.948. The molecular weight excluding hydrogens is 239 g/mol. The first-order chi connectivity index (χ1) is 6.27. The highest BCUT2D eigenvalue weighted by Crippen LogP contribution is 2.08. The van der Waals surface area contributed by atoms with E-state index >= 15 is 0 Å². The molecule has 1 rings (SSSR count). The van der Waals surface area contributed by atoms with E-state index in [9.17, 15) is 9.32 Å². The molecule has 70 valence electrons. The third-order valence-corrected chi connectivity index (χ3v) is 2.01. The molecule has 0 fully saturated rings. The van der Waals surface area contributed by atoms with Crippen LogP contribution in [0.2, 0.25) is 0 Å². The van der Waals surface area contributed by atoms with Crippen LogP contribution in [0.3, 0.4) is 0 Å². The van der Waals surface area contributed by atoms with E-state index in [2.05, 4.69) is 20.9 Å². The van der Waals surface area contributed by atoms with Crippen molar-refractivity contribution in [1.29, 1.82) is 0 Å². The zero-order chi connectivity index (χ0) is 9.68. The molecule has 1 aromatic rings. The summed E-state index contributed by atoms with van der Waals surface area (Å²) < 4.78 is 11.5. The zero-order valence-electron chi connectivity index (χ0n) is 6.80. The van der Waals surface area contributed by atoms with Gasteiger partial charge in [0.15, 0.2) is 0 Å². The summed E-state index contributed by atoms with van der Waals surface area (Å²) >= 11 is 3.27. The molecule has 0 unspecified atom stereocenters. The number of carbonyl (C=O) groups is 1. The number of hydrogen-bond donors (Lipinski definition) is 0. The van der Waals surface area contributed by atoms with Gasteiger partial charge in [-0.2, -0.15) is 0 Å². The summed E-state index contributed by atoms with van der Waals surface area (Å²) in [7, 11) is 0. The van der Waals surface area contributed by atoms with E-state index in [0.717, 1.165) is 17.3 Å². The number of rotatable bonds is 3. The second kappa shape index (κ2) is 4.97. The normalized spacial score (nSPS) is 9.69. The van der Waals surface area contributed by atoms with E-state index in [1.165, 1.54) is 6.07 Å². The first-order valence-corrected chi connectivity index (χ1v) is 4.88. The van der Waals surface area contributed by atoms with Crippen molar-refractivity contribution in [2.75, 3.05) is 5.33 Å². The van der Waals surface area contributed by atoms with Crippen LogP contribution in [0, 0.1) is 0 Å². The Labute approximate surface area is 83.7 Å². The number of carbonyl (C=O) groups excluding carboxylic acids is 1. The van der Waals surface area contributed by atoms with Gasteiger partial charge in [0.2, 0.25) is 0 Å². The smallest absolute Gasteiger partial charge is 0.249 e. The van der Waals surface area contributed by atoms with Gasteiger partial charge in [-0.1, -0.05) is 28.1 Å². The highest BCUT2D eigenvalue weighted by atomic mass is 79.9. The molecule has 0 saturated carbocycles. The van der Waals surface area contributed by atoms with E-state index in [4.69, 9.17) is 0 Å². The Morgan fingerprint density at radius 3 is 2.92 bits per heavy atom. The Hall–Kier alpha value is -0.900. The number of halogens is 2. The van der Waals surface area contributed by atoms with E-state index in [0.29, 0.717) is 0 Å². The molecule has 0 aliphatic heterocycles. The lowest BCUT2D eigenvalue weighted by Gasteiger charge is -1.99. The average molecular weight is 247 g/mol. The van der Waals surface area contributed by atoms with Crippen molar-refractivity contribution in [2.24, 2.45) is 0 Å². The monoisotopic (exact) mass is 246 g/mol. The molecule has 0 spiro atoms. The fourth-order valence-corrected chi connectivity index (χ4v) is 1.47. The van der Waals surface area contributed by atoms with Crippen LogP contribution in [0.5, 0.6) is 0 Å². The molecule has 0 amide bonds. The standard InChI is InChI=1S/C9H8BrFO2/c10-5-4-7-2-1-3-8(6-7)9(12)13-11/h1-3,6H,4-5H2. The van der Waals surface area contributed by atoms with E-state index < -0.39 is 5.97 Å². The van der Waals surface area contributed by atoms with Crippen LogP contribution in [0.4, 0.5) is 4.53 Å². The molecule has 0 N–H and O–H groups in total. The molecule has 0 aliphatic rings. The van der Waals surface area contributed by atoms with Crippen LogP contribution >= 0.6 is 15.9 Å². The van der Waals surface area contributed by atoms with Crippen LogP contribution in [-0.4, -0.2) is 11.3 Å². The van der Waals surface area contributed by atoms with Crippen molar-refractivity contribution < 1.29 is 14.3 Å². The Bertz CT molecular complexity index is 301. The number of alkyl halides is 1. The van der Waals surface area contributed by atoms with Crippen molar-refractivity contribution in [3.63, 3.8) is 0 Å². The average Bonchev–Trinajstić information content (AvgIpc) is 2.18. The number of benzene rings is 1. The lowest BCUT2D eigenvalue weighted by atomic mass is 10.1. The second-order valence-corrected chi connectivity index (χ2v) is 3.30. The zero-order valence-corrected chi connectivity index (χ0v) is 8.38. The van der Waals surface area contributed by atoms with Gasteiger partial charge in [-0.05, 0) is 24.1 Å². The van der Waals surface area contributed by atoms with Gasteiger partial charge in [-0.25, -0.2) is 9.74 Å². The molecule has 13 heavy (non-hydrogen) atoms. The molecule has 1 aromatic carbocycles. The Balaban J connectivity index is 2.85. The molecule has 0 bridgehead atoms. The summed E-state index contributed by atoms with van der Waals surface area (Å²) in [5, 5.41) is 0.807. The lowest BCUT2D eigenvalue weighted by molar-refractivity contribution is -0.0788. The van der Waals surface area contributed by atoms with Gasteiger partial charge in [0.05, 0.1) is 5.56 Å². The van der Waals surface area contributed by atoms with Gasteiger partial charge in [0.25, 0.3) is 0 Å². The van der Waals surface area contributed by atoms with Crippen molar-refractivity contribution >= 4 is 21.9 Å². The topological polar surface area (TPSA) is 26.3 Å². The van der Waals surface area contributed by atoms with Crippen LogP contribution in [0.15, 0.2) is 24.3 Å². The van der Waals surface area contributed by atoms with E-state index in [1.807, 2.05) is 6.07 Å². The minimum Gasteiger partial charge on any atom is -0.249 e. The highest BCUT2D eigenvalue weighted by molar-refractivity contribution is 9.09. The highest BCUT2D eigenvalue weighted by Gasteiger charge is 2.07. The predicted octanol–water partition coefficient (Wildman–Crippen LogP) is 2.67. The summed E-state index contributed by atoms with van der Waals surface area (Å²) in [5.41, 5.74) is 1.21. The molecule has 0 radical (unpaired) electrons. The van der Waals surface area contributed by atoms with Crippen molar-refractivity contribution in [3.8, 4) is 0 Å². The molecule has 0 aliphatic carbocycles. The Morgan fingerprint density at radius 1 is 1.54 bits per heavy atom. The van der Waals surface area contributed by atoms with E-state index in [1.54, 1.807) is 12.1 Å². The maximum atomic E-state index is 11.5. The molecule has 0 saturated heterocycles. The van der Waals surface area contributed by atoms with Crippen LogP contribution < -0.4 is 0 Å². The first-order valence-electron chi connectivity index (χ1n) is 3.75. The summed E-state index contributed by atoms with van der Waals surface area (Å²) in [6.07, 6.45) is 0.799. The summed E-state index contributed by atoms with van der Waals surface area (Å²) in [6.45, 7) is 0. The van der Waals surface area contributed by atoms with Crippen molar-refractivity contribution in [3.05, 3.63) is 35.4 Å². The van der Waals surface area contributed by atoms with Crippen LogP contribution in [0.1, 0.15) is 15.9 Å². The summed E-state index contributed by atoms with van der Waals surface area (Å²) in [4.78, 5) is 13.9. The molecular formula is C9H8BrFO2.